The minimum Gasteiger partial charge on any atom is -0.285 e. The third-order valence-electron chi connectivity index (χ3n) is 2.01. The van der Waals surface area contributed by atoms with Gasteiger partial charge in [-0.1, -0.05) is 0 Å². The van der Waals surface area contributed by atoms with Crippen LogP contribution in [-0.2, 0) is 0 Å². The summed E-state index contributed by atoms with van der Waals surface area (Å²) in [6.07, 6.45) is 5.18. The van der Waals surface area contributed by atoms with E-state index in [1.165, 1.54) is 0 Å². The van der Waals surface area contributed by atoms with Crippen LogP contribution in [0.2, 0.25) is 0 Å². The first-order chi connectivity index (χ1) is 6.95. The van der Waals surface area contributed by atoms with E-state index in [9.17, 15) is 0 Å². The molecule has 0 saturated carbocycles. The van der Waals surface area contributed by atoms with E-state index >= 15 is 0 Å². The van der Waals surface area contributed by atoms with Gasteiger partial charge in [-0.25, -0.2) is 9.97 Å². The Bertz CT molecular complexity index is 555. The van der Waals surface area contributed by atoms with Crippen molar-refractivity contribution in [1.29, 1.82) is 0 Å². The molecule has 14 heavy (non-hydrogen) atoms. The minimum absolute atomic E-state index is 0.943. The van der Waals surface area contributed by atoms with Crippen molar-refractivity contribution in [2.24, 2.45) is 0 Å². The summed E-state index contributed by atoms with van der Waals surface area (Å²) in [5.74, 6) is 0. The lowest BCUT2D eigenvalue weighted by Crippen LogP contribution is -1.83. The number of nitrogens with one attached hydrogen (secondary N) is 1. The summed E-state index contributed by atoms with van der Waals surface area (Å²) in [5, 5.41) is 8.71. The predicted octanol–water partition coefficient (Wildman–Crippen LogP) is 2.08. The molecule has 0 aliphatic rings. The normalized spacial score (nSPS) is 10.9. The van der Waals surface area contributed by atoms with Gasteiger partial charge in [0.05, 0.1) is 22.1 Å². The Morgan fingerprint density at radius 2 is 2.29 bits per heavy atom. The molecule has 0 fully saturated rings. The predicted molar refractivity (Wildman–Crippen MR) is 55.0 cm³/mol. The molecule has 1 N–H and O–H groups in total. The standard InChI is InChI=1S/C9H6N4S/c1-2-14-9-7(1)10-5-11-8(9)6-3-12-13-4-6/h1-5H,(H,12,13). The van der Waals surface area contributed by atoms with Crippen LogP contribution in [0, 0.1) is 0 Å². The van der Waals surface area contributed by atoms with E-state index in [2.05, 4.69) is 20.2 Å². The van der Waals surface area contributed by atoms with Crippen molar-refractivity contribution in [2.45, 2.75) is 0 Å². The number of aromatic nitrogens is 4. The topological polar surface area (TPSA) is 54.5 Å². The van der Waals surface area contributed by atoms with Crippen LogP contribution in [-0.4, -0.2) is 20.2 Å². The Labute approximate surface area is 83.6 Å². The van der Waals surface area contributed by atoms with Crippen LogP contribution in [0.5, 0.6) is 0 Å². The SMILES string of the molecule is c1nc(-c2cn[nH]c2)c2sccc2n1. The van der Waals surface area contributed by atoms with Crippen LogP contribution >= 0.6 is 11.3 Å². The first-order valence-corrected chi connectivity index (χ1v) is 5.00. The number of H-pyrrole nitrogens is 1. The first-order valence-electron chi connectivity index (χ1n) is 4.12. The summed E-state index contributed by atoms with van der Waals surface area (Å²) in [5.41, 5.74) is 2.93. The zero-order valence-electron chi connectivity index (χ0n) is 7.14. The molecule has 0 radical (unpaired) electrons. The van der Waals surface area contributed by atoms with Gasteiger partial charge in [0.25, 0.3) is 0 Å². The van der Waals surface area contributed by atoms with Crippen molar-refractivity contribution in [3.8, 4) is 11.3 Å². The average molecular weight is 202 g/mol. The van der Waals surface area contributed by atoms with Crippen LogP contribution < -0.4 is 0 Å². The molecular weight excluding hydrogens is 196 g/mol. The number of fused-ring (bicyclic) bond motifs is 1. The Balaban J connectivity index is 2.36. The van der Waals surface area contributed by atoms with E-state index in [4.69, 9.17) is 0 Å². The first kappa shape index (κ1) is 7.64. The molecule has 0 saturated heterocycles. The fourth-order valence-corrected chi connectivity index (χ4v) is 2.23. The molecule has 0 bridgehead atoms. The van der Waals surface area contributed by atoms with Gasteiger partial charge in [-0.3, -0.25) is 5.10 Å². The number of aromatic amines is 1. The van der Waals surface area contributed by atoms with Gasteiger partial charge in [-0.2, -0.15) is 5.10 Å². The summed E-state index contributed by atoms with van der Waals surface area (Å²) in [4.78, 5) is 8.44. The Morgan fingerprint density at radius 1 is 1.29 bits per heavy atom. The van der Waals surface area contributed by atoms with E-state index < -0.39 is 0 Å². The van der Waals surface area contributed by atoms with Crippen molar-refractivity contribution in [2.75, 3.05) is 0 Å². The molecule has 3 aromatic heterocycles. The zero-order valence-corrected chi connectivity index (χ0v) is 7.95. The van der Waals surface area contributed by atoms with Gasteiger partial charge in [0, 0.05) is 11.8 Å². The van der Waals surface area contributed by atoms with Crippen molar-refractivity contribution >= 4 is 21.6 Å². The second-order valence-corrected chi connectivity index (χ2v) is 3.76. The Morgan fingerprint density at radius 3 is 3.14 bits per heavy atom. The van der Waals surface area contributed by atoms with Crippen molar-refractivity contribution < 1.29 is 0 Å². The van der Waals surface area contributed by atoms with E-state index in [0.717, 1.165) is 21.5 Å². The quantitative estimate of drug-likeness (QED) is 0.657. The molecule has 0 amide bonds. The van der Waals surface area contributed by atoms with Gasteiger partial charge in [-0.15, -0.1) is 11.3 Å². The van der Waals surface area contributed by atoms with Gasteiger partial charge in [0.15, 0.2) is 0 Å². The fourth-order valence-electron chi connectivity index (χ4n) is 1.37. The molecule has 68 valence electrons. The van der Waals surface area contributed by atoms with Crippen LogP contribution in [0.1, 0.15) is 0 Å². The van der Waals surface area contributed by atoms with Crippen molar-refractivity contribution in [1.82, 2.24) is 20.2 Å². The monoisotopic (exact) mass is 202 g/mol. The summed E-state index contributed by atoms with van der Waals surface area (Å²) in [6.45, 7) is 0. The molecule has 5 heteroatoms. The van der Waals surface area contributed by atoms with Crippen LogP contribution in [0.15, 0.2) is 30.2 Å². The molecule has 3 aromatic rings. The summed E-state index contributed by atoms with van der Waals surface area (Å²) >= 11 is 1.65. The maximum Gasteiger partial charge on any atom is 0.116 e. The largest absolute Gasteiger partial charge is 0.285 e. The van der Waals surface area contributed by atoms with Gasteiger partial charge in [-0.05, 0) is 11.4 Å². The van der Waals surface area contributed by atoms with Crippen LogP contribution in [0.25, 0.3) is 21.5 Å². The number of hydrogen-bond acceptors (Lipinski definition) is 4. The van der Waals surface area contributed by atoms with Crippen molar-refractivity contribution in [3.05, 3.63) is 30.2 Å². The molecular formula is C9H6N4S. The number of hydrogen-bond donors (Lipinski definition) is 1. The molecule has 4 nitrogen and oxygen atoms in total. The molecule has 0 atom stereocenters. The highest BCUT2D eigenvalue weighted by Gasteiger charge is 2.07. The van der Waals surface area contributed by atoms with Crippen LogP contribution in [0.4, 0.5) is 0 Å². The summed E-state index contributed by atoms with van der Waals surface area (Å²) in [6, 6.07) is 1.99. The summed E-state index contributed by atoms with van der Waals surface area (Å²) in [7, 11) is 0. The molecule has 0 spiro atoms. The third kappa shape index (κ3) is 1.03. The lowest BCUT2D eigenvalue weighted by atomic mass is 10.2. The lowest BCUT2D eigenvalue weighted by molar-refractivity contribution is 1.09. The Hall–Kier alpha value is -1.75. The van der Waals surface area contributed by atoms with Crippen molar-refractivity contribution in [3.63, 3.8) is 0 Å². The molecule has 3 rings (SSSR count). The lowest BCUT2D eigenvalue weighted by Gasteiger charge is -1.96. The van der Waals surface area contributed by atoms with E-state index in [0.29, 0.717) is 0 Å². The second-order valence-electron chi connectivity index (χ2n) is 2.84. The summed E-state index contributed by atoms with van der Waals surface area (Å²) < 4.78 is 1.11. The van der Waals surface area contributed by atoms with Crippen LogP contribution in [0.3, 0.4) is 0 Å². The number of nitrogens with zero attached hydrogens (tertiary/aromatic N) is 3. The maximum absolute atomic E-state index is 4.26. The van der Waals surface area contributed by atoms with E-state index in [-0.39, 0.29) is 0 Å². The van der Waals surface area contributed by atoms with E-state index in [1.54, 1.807) is 23.9 Å². The number of rotatable bonds is 1. The molecule has 0 aromatic carbocycles. The van der Waals surface area contributed by atoms with Gasteiger partial charge in [0.1, 0.15) is 6.33 Å². The highest BCUT2D eigenvalue weighted by atomic mass is 32.1. The fraction of sp³-hybridized carbons (Fsp3) is 0. The smallest absolute Gasteiger partial charge is 0.116 e. The zero-order chi connectivity index (χ0) is 9.38. The molecule has 0 unspecified atom stereocenters. The second kappa shape index (κ2) is 2.88. The molecule has 3 heterocycles. The minimum atomic E-state index is 0.943. The highest BCUT2D eigenvalue weighted by molar-refractivity contribution is 7.17. The van der Waals surface area contributed by atoms with Gasteiger partial charge in [0.2, 0.25) is 0 Å². The van der Waals surface area contributed by atoms with Gasteiger partial charge < -0.3 is 0 Å². The number of thiophene rings is 1. The van der Waals surface area contributed by atoms with E-state index in [1.807, 2.05) is 17.6 Å². The third-order valence-corrected chi connectivity index (χ3v) is 2.93. The van der Waals surface area contributed by atoms with Gasteiger partial charge >= 0.3 is 0 Å². The molecule has 0 aliphatic heterocycles. The highest BCUT2D eigenvalue weighted by Crippen LogP contribution is 2.28. The Kier molecular flexibility index (Phi) is 1.57. The molecule has 0 aliphatic carbocycles. The maximum atomic E-state index is 4.26. The average Bonchev–Trinajstić information content (AvgIpc) is 2.88.